The molecular formula is C14H14N2O2. The van der Waals surface area contributed by atoms with Crippen LogP contribution in [0.25, 0.3) is 10.9 Å². The van der Waals surface area contributed by atoms with Gasteiger partial charge in [0.2, 0.25) is 0 Å². The molecule has 0 spiro atoms. The maximum Gasteiger partial charge on any atom is 0.355 e. The summed E-state index contributed by atoms with van der Waals surface area (Å²) in [7, 11) is 0. The number of esters is 1. The molecule has 0 bridgehead atoms. The van der Waals surface area contributed by atoms with Gasteiger partial charge < -0.3 is 9.30 Å². The van der Waals surface area contributed by atoms with Crippen LogP contribution in [-0.4, -0.2) is 17.1 Å². The fraction of sp³-hybridized carbons (Fsp3) is 0.286. The van der Waals surface area contributed by atoms with Crippen molar-refractivity contribution in [2.45, 2.75) is 20.4 Å². The van der Waals surface area contributed by atoms with E-state index in [1.54, 1.807) is 17.6 Å². The lowest BCUT2D eigenvalue weighted by atomic mass is 10.1. The Hall–Kier alpha value is -2.28. The van der Waals surface area contributed by atoms with Gasteiger partial charge in [0.15, 0.2) is 0 Å². The molecule has 2 aromatic rings. The van der Waals surface area contributed by atoms with Gasteiger partial charge in [0, 0.05) is 10.9 Å². The zero-order valence-electron chi connectivity index (χ0n) is 10.4. The van der Waals surface area contributed by atoms with E-state index in [9.17, 15) is 4.79 Å². The first-order chi connectivity index (χ1) is 8.69. The number of rotatable bonds is 3. The van der Waals surface area contributed by atoms with Crippen LogP contribution in [0.1, 0.15) is 23.0 Å². The number of carbonyl (C=O) groups is 1. The van der Waals surface area contributed by atoms with Crippen LogP contribution in [0.4, 0.5) is 0 Å². The lowest BCUT2D eigenvalue weighted by Gasteiger charge is -2.05. The molecular weight excluding hydrogens is 228 g/mol. The third kappa shape index (κ3) is 1.95. The Balaban J connectivity index is 2.65. The van der Waals surface area contributed by atoms with Crippen molar-refractivity contribution < 1.29 is 9.53 Å². The number of ether oxygens (including phenoxy) is 1. The van der Waals surface area contributed by atoms with Crippen LogP contribution in [0.3, 0.4) is 0 Å². The average molecular weight is 242 g/mol. The molecule has 1 aromatic heterocycles. The largest absolute Gasteiger partial charge is 0.461 e. The minimum atomic E-state index is -0.386. The van der Waals surface area contributed by atoms with Gasteiger partial charge in [-0.2, -0.15) is 5.26 Å². The topological polar surface area (TPSA) is 55.0 Å². The van der Waals surface area contributed by atoms with E-state index < -0.39 is 0 Å². The van der Waals surface area contributed by atoms with Crippen LogP contribution in [0.5, 0.6) is 0 Å². The van der Waals surface area contributed by atoms with Crippen LogP contribution in [0, 0.1) is 18.3 Å². The van der Waals surface area contributed by atoms with E-state index in [4.69, 9.17) is 10.00 Å². The summed E-state index contributed by atoms with van der Waals surface area (Å²) in [5, 5.41) is 9.86. The molecule has 4 heteroatoms. The summed E-state index contributed by atoms with van der Waals surface area (Å²) in [4.78, 5) is 11.9. The first-order valence-corrected chi connectivity index (χ1v) is 5.82. The first kappa shape index (κ1) is 12.2. The molecule has 1 heterocycles. The van der Waals surface area contributed by atoms with E-state index in [-0.39, 0.29) is 12.5 Å². The summed E-state index contributed by atoms with van der Waals surface area (Å²) in [6, 6.07) is 9.67. The van der Waals surface area contributed by atoms with Gasteiger partial charge in [-0.1, -0.05) is 12.1 Å². The molecule has 0 radical (unpaired) electrons. The summed E-state index contributed by atoms with van der Waals surface area (Å²) < 4.78 is 6.71. The van der Waals surface area contributed by atoms with E-state index in [1.165, 1.54) is 0 Å². The Morgan fingerprint density at radius 3 is 2.94 bits per heavy atom. The van der Waals surface area contributed by atoms with E-state index in [0.717, 1.165) is 16.5 Å². The summed E-state index contributed by atoms with van der Waals surface area (Å²) in [6.45, 7) is 4.21. The van der Waals surface area contributed by atoms with Gasteiger partial charge in [-0.05, 0) is 31.5 Å². The Morgan fingerprint density at radius 2 is 2.28 bits per heavy atom. The lowest BCUT2D eigenvalue weighted by molar-refractivity contribution is 0.0515. The van der Waals surface area contributed by atoms with Crippen LogP contribution in [0.2, 0.25) is 0 Å². The zero-order chi connectivity index (χ0) is 13.1. The van der Waals surface area contributed by atoms with Crippen molar-refractivity contribution >= 4 is 16.9 Å². The summed E-state index contributed by atoms with van der Waals surface area (Å²) in [5.74, 6) is -0.386. The van der Waals surface area contributed by atoms with Gasteiger partial charge in [-0.25, -0.2) is 4.79 Å². The number of aromatic nitrogens is 1. The van der Waals surface area contributed by atoms with Crippen LogP contribution < -0.4 is 0 Å². The van der Waals surface area contributed by atoms with Crippen LogP contribution in [0.15, 0.2) is 24.3 Å². The fourth-order valence-electron chi connectivity index (χ4n) is 2.05. The highest BCUT2D eigenvalue weighted by Crippen LogP contribution is 2.23. The molecule has 0 amide bonds. The van der Waals surface area contributed by atoms with Gasteiger partial charge in [0.25, 0.3) is 0 Å². The Morgan fingerprint density at radius 1 is 1.50 bits per heavy atom. The summed E-state index contributed by atoms with van der Waals surface area (Å²) in [6.07, 6.45) is 0. The molecule has 0 saturated heterocycles. The number of nitrogens with zero attached hydrogens (tertiary/aromatic N) is 2. The second kappa shape index (κ2) is 4.92. The lowest BCUT2D eigenvalue weighted by Crippen LogP contribution is -2.11. The van der Waals surface area contributed by atoms with Gasteiger partial charge in [0.05, 0.1) is 12.7 Å². The molecule has 18 heavy (non-hydrogen) atoms. The molecule has 0 N–H and O–H groups in total. The predicted octanol–water partition coefficient (Wildman–Crippen LogP) is 2.65. The summed E-state index contributed by atoms with van der Waals surface area (Å²) in [5.41, 5.74) is 2.40. The zero-order valence-corrected chi connectivity index (χ0v) is 10.4. The highest BCUT2D eigenvalue weighted by Gasteiger charge is 2.16. The Bertz CT molecular complexity index is 635. The minimum absolute atomic E-state index is 0.140. The fourth-order valence-corrected chi connectivity index (χ4v) is 2.05. The first-order valence-electron chi connectivity index (χ1n) is 5.82. The standard InChI is InChI=1S/C14H14N2O2/c1-3-18-14(17)13-9-11-10(2)5-4-6-12(11)16(13)8-7-15/h4-6,9H,3,8H2,1-2H3. The van der Waals surface area contributed by atoms with Gasteiger partial charge >= 0.3 is 5.97 Å². The number of carbonyl (C=O) groups excluding carboxylic acids is 1. The second-order valence-electron chi connectivity index (χ2n) is 4.00. The molecule has 0 aliphatic rings. The maximum atomic E-state index is 11.9. The van der Waals surface area contributed by atoms with Crippen molar-refractivity contribution in [3.8, 4) is 6.07 Å². The highest BCUT2D eigenvalue weighted by molar-refractivity contribution is 5.96. The quantitative estimate of drug-likeness (QED) is 0.777. The maximum absolute atomic E-state index is 11.9. The monoisotopic (exact) mass is 242 g/mol. The van der Waals surface area contributed by atoms with Crippen LogP contribution in [-0.2, 0) is 11.3 Å². The SMILES string of the molecule is CCOC(=O)c1cc2c(C)cccc2n1CC#N. The van der Waals surface area contributed by atoms with Crippen molar-refractivity contribution in [1.82, 2.24) is 4.57 Å². The Labute approximate surface area is 105 Å². The minimum Gasteiger partial charge on any atom is -0.461 e. The van der Waals surface area contributed by atoms with Crippen molar-refractivity contribution in [2.24, 2.45) is 0 Å². The van der Waals surface area contributed by atoms with Crippen molar-refractivity contribution in [1.29, 1.82) is 5.26 Å². The average Bonchev–Trinajstić information content (AvgIpc) is 2.71. The smallest absolute Gasteiger partial charge is 0.355 e. The molecule has 0 saturated carbocycles. The molecule has 0 fully saturated rings. The van der Waals surface area contributed by atoms with Crippen molar-refractivity contribution in [2.75, 3.05) is 6.61 Å². The number of aryl methyl sites for hydroxylation is 1. The van der Waals surface area contributed by atoms with E-state index in [0.29, 0.717) is 12.3 Å². The number of hydrogen-bond acceptors (Lipinski definition) is 3. The molecule has 1 aromatic carbocycles. The summed E-state index contributed by atoms with van der Waals surface area (Å²) >= 11 is 0. The molecule has 0 atom stereocenters. The molecule has 0 unspecified atom stereocenters. The second-order valence-corrected chi connectivity index (χ2v) is 4.00. The van der Waals surface area contributed by atoms with Gasteiger partial charge in [-0.15, -0.1) is 0 Å². The number of nitriles is 1. The Kier molecular flexibility index (Phi) is 3.33. The van der Waals surface area contributed by atoms with E-state index in [2.05, 4.69) is 6.07 Å². The normalized spacial score (nSPS) is 10.3. The predicted molar refractivity (Wildman–Crippen MR) is 68.2 cm³/mol. The third-order valence-corrected chi connectivity index (χ3v) is 2.88. The molecule has 4 nitrogen and oxygen atoms in total. The molecule has 92 valence electrons. The van der Waals surface area contributed by atoms with Gasteiger partial charge in [-0.3, -0.25) is 0 Å². The number of benzene rings is 1. The van der Waals surface area contributed by atoms with Crippen molar-refractivity contribution in [3.63, 3.8) is 0 Å². The number of fused-ring (bicyclic) bond motifs is 1. The third-order valence-electron chi connectivity index (χ3n) is 2.88. The molecule has 0 aliphatic heterocycles. The van der Waals surface area contributed by atoms with Crippen LogP contribution >= 0.6 is 0 Å². The highest BCUT2D eigenvalue weighted by atomic mass is 16.5. The van der Waals surface area contributed by atoms with E-state index in [1.807, 2.05) is 25.1 Å². The molecule has 0 aliphatic carbocycles. The van der Waals surface area contributed by atoms with E-state index >= 15 is 0 Å². The molecule has 2 rings (SSSR count). The van der Waals surface area contributed by atoms with Gasteiger partial charge in [0.1, 0.15) is 12.2 Å². The van der Waals surface area contributed by atoms with Crippen molar-refractivity contribution in [3.05, 3.63) is 35.5 Å². The number of hydrogen-bond donors (Lipinski definition) is 0.